The molecular formula is C27H21I. The predicted octanol–water partition coefficient (Wildman–Crippen LogP) is 7.22. The second-order valence-corrected chi connectivity index (χ2v) is 8.65. The molecule has 28 heavy (non-hydrogen) atoms. The van der Waals surface area contributed by atoms with Crippen molar-refractivity contribution >= 4 is 22.6 Å². The first-order valence-electron chi connectivity index (χ1n) is 9.80. The number of hydrogen-bond donors (Lipinski definition) is 0. The summed E-state index contributed by atoms with van der Waals surface area (Å²) in [6.45, 7) is 2.24. The van der Waals surface area contributed by atoms with Gasteiger partial charge in [-0.05, 0) is 80.1 Å². The Morgan fingerprint density at radius 2 is 1.18 bits per heavy atom. The van der Waals surface area contributed by atoms with Crippen LogP contribution in [0.1, 0.15) is 34.7 Å². The molecule has 0 N–H and O–H groups in total. The Bertz CT molecular complexity index is 1100. The summed E-state index contributed by atoms with van der Waals surface area (Å²) in [5, 5.41) is 0. The number of fused-ring (bicyclic) bond motifs is 3. The zero-order chi connectivity index (χ0) is 19.1. The van der Waals surface area contributed by atoms with Crippen molar-refractivity contribution in [2.45, 2.75) is 18.8 Å². The number of halogens is 1. The van der Waals surface area contributed by atoms with Gasteiger partial charge in [0.1, 0.15) is 0 Å². The molecule has 1 aliphatic rings. The molecule has 136 valence electrons. The second kappa shape index (κ2) is 6.89. The van der Waals surface area contributed by atoms with Gasteiger partial charge in [0.2, 0.25) is 0 Å². The van der Waals surface area contributed by atoms with Crippen LogP contribution in [0.5, 0.6) is 0 Å². The lowest BCUT2D eigenvalue weighted by Gasteiger charge is -2.34. The fourth-order valence-corrected chi connectivity index (χ4v) is 5.22. The highest BCUT2D eigenvalue weighted by molar-refractivity contribution is 14.1. The average Bonchev–Trinajstić information content (AvgIpc) is 3.04. The van der Waals surface area contributed by atoms with Crippen LogP contribution in [0.2, 0.25) is 0 Å². The van der Waals surface area contributed by atoms with E-state index in [-0.39, 0.29) is 5.41 Å². The normalized spacial score (nSPS) is 13.8. The van der Waals surface area contributed by atoms with E-state index in [0.717, 1.165) is 6.42 Å². The summed E-state index contributed by atoms with van der Waals surface area (Å²) in [5.74, 6) is 0. The van der Waals surface area contributed by atoms with Gasteiger partial charge in [0.25, 0.3) is 0 Å². The van der Waals surface area contributed by atoms with E-state index in [4.69, 9.17) is 0 Å². The van der Waals surface area contributed by atoms with E-state index in [9.17, 15) is 0 Å². The Labute approximate surface area is 180 Å². The molecule has 0 atom stereocenters. The SMILES string of the molecule is CCc1ccc2c(c1)C(c1ccccc1)(c1ccccc1)c1cc(I)ccc1-2. The molecule has 0 saturated carbocycles. The molecule has 1 heteroatoms. The van der Waals surface area contributed by atoms with E-state index in [0.29, 0.717) is 0 Å². The lowest BCUT2D eigenvalue weighted by molar-refractivity contribution is 0.766. The van der Waals surface area contributed by atoms with Crippen LogP contribution in [0.3, 0.4) is 0 Å². The Balaban J connectivity index is 1.98. The summed E-state index contributed by atoms with van der Waals surface area (Å²) in [6, 6.07) is 35.9. The minimum atomic E-state index is -0.278. The molecule has 0 nitrogen and oxygen atoms in total. The van der Waals surface area contributed by atoms with Crippen LogP contribution in [0, 0.1) is 3.57 Å². The van der Waals surface area contributed by atoms with Crippen molar-refractivity contribution in [2.75, 3.05) is 0 Å². The third-order valence-electron chi connectivity index (χ3n) is 5.99. The molecule has 0 spiro atoms. The zero-order valence-corrected chi connectivity index (χ0v) is 18.0. The van der Waals surface area contributed by atoms with Gasteiger partial charge in [-0.3, -0.25) is 0 Å². The molecule has 0 heterocycles. The Kier molecular flexibility index (Phi) is 4.36. The molecular weight excluding hydrogens is 451 g/mol. The fraction of sp³-hybridized carbons (Fsp3) is 0.111. The van der Waals surface area contributed by atoms with Crippen LogP contribution in [-0.4, -0.2) is 0 Å². The van der Waals surface area contributed by atoms with Crippen LogP contribution >= 0.6 is 22.6 Å². The van der Waals surface area contributed by atoms with Crippen molar-refractivity contribution < 1.29 is 0 Å². The Morgan fingerprint density at radius 3 is 1.75 bits per heavy atom. The molecule has 0 bridgehead atoms. The number of hydrogen-bond acceptors (Lipinski definition) is 0. The summed E-state index contributed by atoms with van der Waals surface area (Å²) in [5.41, 5.74) is 9.27. The van der Waals surface area contributed by atoms with E-state index < -0.39 is 0 Å². The predicted molar refractivity (Wildman–Crippen MR) is 126 cm³/mol. The summed E-state index contributed by atoms with van der Waals surface area (Å²) < 4.78 is 1.27. The minimum Gasteiger partial charge on any atom is -0.0622 e. The molecule has 5 rings (SSSR count). The quantitative estimate of drug-likeness (QED) is 0.243. The molecule has 1 aliphatic carbocycles. The number of benzene rings is 4. The van der Waals surface area contributed by atoms with Gasteiger partial charge < -0.3 is 0 Å². The molecule has 0 unspecified atom stereocenters. The van der Waals surface area contributed by atoms with Crippen molar-refractivity contribution in [3.63, 3.8) is 0 Å². The van der Waals surface area contributed by atoms with Crippen molar-refractivity contribution in [2.24, 2.45) is 0 Å². The van der Waals surface area contributed by atoms with Gasteiger partial charge >= 0.3 is 0 Å². The smallest absolute Gasteiger partial charge is 0.0622 e. The van der Waals surface area contributed by atoms with Crippen molar-refractivity contribution in [3.05, 3.63) is 128 Å². The first-order valence-corrected chi connectivity index (χ1v) is 10.9. The topological polar surface area (TPSA) is 0 Å². The van der Waals surface area contributed by atoms with Gasteiger partial charge in [-0.2, -0.15) is 0 Å². The van der Waals surface area contributed by atoms with Gasteiger partial charge in [0.15, 0.2) is 0 Å². The second-order valence-electron chi connectivity index (χ2n) is 7.41. The third-order valence-corrected chi connectivity index (χ3v) is 6.66. The molecule has 4 aromatic rings. The largest absolute Gasteiger partial charge is 0.0714 e. The standard InChI is InChI=1S/C27H21I/c1-2-19-13-15-23-24-16-14-22(28)18-26(24)27(25(23)17-19,20-9-5-3-6-10-20)21-11-7-4-8-12-21/h3-18H,2H2,1H3. The highest BCUT2D eigenvalue weighted by Crippen LogP contribution is 2.56. The maximum Gasteiger partial charge on any atom is 0.0714 e. The van der Waals surface area contributed by atoms with E-state index in [2.05, 4.69) is 127 Å². The monoisotopic (exact) mass is 472 g/mol. The maximum absolute atomic E-state index is 2.44. The average molecular weight is 472 g/mol. The van der Waals surface area contributed by atoms with E-state index in [1.54, 1.807) is 0 Å². The summed E-state index contributed by atoms with van der Waals surface area (Å²) >= 11 is 2.44. The van der Waals surface area contributed by atoms with Crippen LogP contribution in [-0.2, 0) is 11.8 Å². The molecule has 4 aromatic carbocycles. The fourth-order valence-electron chi connectivity index (χ4n) is 4.73. The van der Waals surface area contributed by atoms with Crippen LogP contribution in [0.4, 0.5) is 0 Å². The maximum atomic E-state index is 2.44. The molecule has 0 fully saturated rings. The van der Waals surface area contributed by atoms with E-state index in [1.165, 1.54) is 42.5 Å². The van der Waals surface area contributed by atoms with E-state index >= 15 is 0 Å². The third kappa shape index (κ3) is 2.49. The van der Waals surface area contributed by atoms with Gasteiger partial charge in [0.05, 0.1) is 5.41 Å². The van der Waals surface area contributed by atoms with Crippen molar-refractivity contribution in [1.29, 1.82) is 0 Å². The lowest BCUT2D eigenvalue weighted by Crippen LogP contribution is -2.28. The van der Waals surface area contributed by atoms with Gasteiger partial charge in [-0.1, -0.05) is 91.9 Å². The number of aryl methyl sites for hydroxylation is 1. The molecule has 0 aliphatic heterocycles. The Morgan fingerprint density at radius 1 is 0.643 bits per heavy atom. The molecule has 0 saturated heterocycles. The van der Waals surface area contributed by atoms with Crippen molar-refractivity contribution in [1.82, 2.24) is 0 Å². The molecule has 0 radical (unpaired) electrons. The minimum absolute atomic E-state index is 0.278. The summed E-state index contributed by atoms with van der Waals surface area (Å²) in [7, 11) is 0. The summed E-state index contributed by atoms with van der Waals surface area (Å²) in [6.07, 6.45) is 1.04. The number of rotatable bonds is 3. The lowest BCUT2D eigenvalue weighted by atomic mass is 9.67. The van der Waals surface area contributed by atoms with Gasteiger partial charge in [-0.25, -0.2) is 0 Å². The van der Waals surface area contributed by atoms with Crippen LogP contribution in [0.25, 0.3) is 11.1 Å². The highest BCUT2D eigenvalue weighted by atomic mass is 127. The van der Waals surface area contributed by atoms with Crippen LogP contribution < -0.4 is 0 Å². The first kappa shape index (κ1) is 17.7. The molecule has 0 amide bonds. The highest BCUT2D eigenvalue weighted by Gasteiger charge is 2.46. The van der Waals surface area contributed by atoms with Crippen LogP contribution in [0.15, 0.2) is 97.1 Å². The van der Waals surface area contributed by atoms with Crippen molar-refractivity contribution in [3.8, 4) is 11.1 Å². The van der Waals surface area contributed by atoms with Gasteiger partial charge in [0, 0.05) is 3.57 Å². The van der Waals surface area contributed by atoms with E-state index in [1.807, 2.05) is 0 Å². The van der Waals surface area contributed by atoms with Gasteiger partial charge in [-0.15, -0.1) is 0 Å². The zero-order valence-electron chi connectivity index (χ0n) is 15.8. The molecule has 0 aromatic heterocycles. The summed E-state index contributed by atoms with van der Waals surface area (Å²) in [4.78, 5) is 0. The first-order chi connectivity index (χ1) is 13.7. The Hall–Kier alpha value is -2.39.